The fraction of sp³-hybridized carbons (Fsp3) is 0.400. The molecule has 2 aliphatic heterocycles. The van der Waals surface area contributed by atoms with Crippen molar-refractivity contribution in [2.45, 2.75) is 85.7 Å². The highest BCUT2D eigenvalue weighted by molar-refractivity contribution is 6.30. The van der Waals surface area contributed by atoms with Crippen molar-refractivity contribution in [2.24, 2.45) is 17.8 Å². The monoisotopic (exact) mass is 687 g/mol. The zero-order valence-corrected chi connectivity index (χ0v) is 29.7. The molecular weight excluding hydrogens is 638 g/mol. The Bertz CT molecular complexity index is 1720. The van der Waals surface area contributed by atoms with Gasteiger partial charge in [0.2, 0.25) is 5.78 Å². The Morgan fingerprint density at radius 1 is 0.760 bits per heavy atom. The number of hydrogen-bond donors (Lipinski definition) is 6. The number of Topliss-reactive ketones (excluding diaryl/α,β-unsaturated/α-hetero) is 2. The summed E-state index contributed by atoms with van der Waals surface area (Å²) in [5.41, 5.74) is 0.137. The first-order valence-electron chi connectivity index (χ1n) is 16.7. The molecule has 0 fully saturated rings. The Labute approximate surface area is 293 Å². The van der Waals surface area contributed by atoms with Gasteiger partial charge in [0.05, 0.1) is 35.7 Å². The lowest BCUT2D eigenvalue weighted by Crippen LogP contribution is -2.32. The van der Waals surface area contributed by atoms with Crippen LogP contribution in [0, 0.1) is 24.7 Å². The van der Waals surface area contributed by atoms with Gasteiger partial charge >= 0.3 is 0 Å². The molecule has 10 heteroatoms. The number of amides is 1. The van der Waals surface area contributed by atoms with Crippen LogP contribution in [0.1, 0.15) is 91.0 Å². The number of nitrogens with one attached hydrogen (secondary N) is 1. The van der Waals surface area contributed by atoms with E-state index in [0.717, 1.165) is 6.08 Å². The number of phenolic OH excluding ortho intramolecular Hbond substituents is 1. The molecule has 0 aromatic heterocycles. The van der Waals surface area contributed by atoms with Gasteiger partial charge in [-0.3, -0.25) is 19.2 Å². The van der Waals surface area contributed by atoms with Crippen LogP contribution in [0.3, 0.4) is 0 Å². The molecule has 1 amide bonds. The predicted molar refractivity (Wildman–Crippen MR) is 192 cm³/mol. The van der Waals surface area contributed by atoms with Gasteiger partial charge in [-0.05, 0) is 56.9 Å². The van der Waals surface area contributed by atoms with Gasteiger partial charge in [0.25, 0.3) is 5.91 Å². The minimum Gasteiger partial charge on any atom is -0.507 e. The van der Waals surface area contributed by atoms with Gasteiger partial charge in [0, 0.05) is 47.0 Å². The summed E-state index contributed by atoms with van der Waals surface area (Å²) in [7, 11) is 0. The van der Waals surface area contributed by atoms with E-state index in [1.54, 1.807) is 70.2 Å². The highest BCUT2D eigenvalue weighted by Crippen LogP contribution is 2.35. The number of allylic oxidation sites excluding steroid dienone is 7. The molecule has 0 saturated carbocycles. The molecule has 0 saturated heterocycles. The highest BCUT2D eigenvalue weighted by Gasteiger charge is 2.34. The number of aromatic hydroxyl groups is 1. The highest BCUT2D eigenvalue weighted by atomic mass is 16.3. The number of phenols is 1. The van der Waals surface area contributed by atoms with Crippen LogP contribution in [0.2, 0.25) is 0 Å². The van der Waals surface area contributed by atoms with Crippen molar-refractivity contribution in [3.63, 3.8) is 0 Å². The second-order valence-electron chi connectivity index (χ2n) is 13.4. The molecule has 50 heavy (non-hydrogen) atoms. The molecule has 0 spiro atoms. The lowest BCUT2D eigenvalue weighted by molar-refractivity contribution is -0.116. The van der Waals surface area contributed by atoms with Gasteiger partial charge in [-0.1, -0.05) is 75.5 Å². The van der Waals surface area contributed by atoms with Gasteiger partial charge in [-0.15, -0.1) is 0 Å². The molecule has 6 N–H and O–H groups in total. The number of carbonyl (C=O) groups excluding carboxylic acids is 4. The van der Waals surface area contributed by atoms with Crippen molar-refractivity contribution in [2.75, 3.05) is 0 Å². The van der Waals surface area contributed by atoms with Crippen LogP contribution in [-0.2, 0) is 4.79 Å². The summed E-state index contributed by atoms with van der Waals surface area (Å²) < 4.78 is 0. The molecule has 2 heterocycles. The minimum atomic E-state index is -0.973. The van der Waals surface area contributed by atoms with Crippen LogP contribution in [0.5, 0.6) is 5.75 Å². The molecule has 0 radical (unpaired) electrons. The molecule has 1 aromatic rings. The maximum Gasteiger partial charge on any atom is 0.251 e. The predicted octanol–water partition coefficient (Wildman–Crippen LogP) is 4.92. The maximum absolute atomic E-state index is 13.8. The molecule has 1 aromatic carbocycles. The van der Waals surface area contributed by atoms with Crippen molar-refractivity contribution in [1.82, 2.24) is 5.32 Å². The summed E-state index contributed by atoms with van der Waals surface area (Å²) in [6, 6.07) is 1.31. The zero-order valence-electron chi connectivity index (χ0n) is 29.7. The molecule has 4 bridgehead atoms. The van der Waals surface area contributed by atoms with Crippen LogP contribution in [0.4, 0.5) is 0 Å². The topological polar surface area (TPSA) is 181 Å². The second kappa shape index (κ2) is 17.4. The lowest BCUT2D eigenvalue weighted by atomic mass is 9.83. The van der Waals surface area contributed by atoms with Crippen molar-refractivity contribution in [1.29, 1.82) is 0 Å². The third-order valence-corrected chi connectivity index (χ3v) is 9.18. The summed E-state index contributed by atoms with van der Waals surface area (Å²) in [5, 5.41) is 56.3. The fourth-order valence-corrected chi connectivity index (χ4v) is 5.71. The van der Waals surface area contributed by atoms with Gasteiger partial charge < -0.3 is 30.8 Å². The second-order valence-corrected chi connectivity index (χ2v) is 13.4. The van der Waals surface area contributed by atoms with E-state index >= 15 is 0 Å². The standard InChI is InChI=1S/C40H49NO9/c1-21-11-9-8-10-12-24(4)40(50)41-30-19-33(45)34-29(39(30)49)18-27(7)38(48)35(34)37(47)26(6)17-25(5)36(46)23(3)14-16-28(42)15-13-22(2)32(44)20-31(21)43/h8-14,16-19,21,23,25,28,31-32,36,42-44,46,48H,15,20H2,1-7H3,(H,41,50)/b10-8-,11-9-,16-14-,22-13-,24-12?,26-17?/t21-,23-,25-,28-,31-,32?,36-/m0/s1. The van der Waals surface area contributed by atoms with Gasteiger partial charge in [-0.25, -0.2) is 0 Å². The molecular formula is C40H49NO9. The van der Waals surface area contributed by atoms with Crippen LogP contribution < -0.4 is 5.32 Å². The first kappa shape index (κ1) is 40.0. The van der Waals surface area contributed by atoms with Crippen molar-refractivity contribution < 1.29 is 44.7 Å². The third-order valence-electron chi connectivity index (χ3n) is 9.18. The molecule has 7 atom stereocenters. The van der Waals surface area contributed by atoms with E-state index in [0.29, 0.717) is 5.57 Å². The van der Waals surface area contributed by atoms with Crippen LogP contribution in [0.25, 0.3) is 0 Å². The number of benzene rings is 1. The number of ketones is 3. The summed E-state index contributed by atoms with van der Waals surface area (Å²) in [5.74, 6) is -4.53. The average molecular weight is 688 g/mol. The molecule has 1 unspecified atom stereocenters. The van der Waals surface area contributed by atoms with Gasteiger partial charge in [0.1, 0.15) is 5.75 Å². The third kappa shape index (κ3) is 9.82. The SMILES string of the molecule is CC1=C/C=C\C=C/[C@H](C)[C@@H](O)CC(O)/C(C)=C\C[C@H](O)/C=C\[C@H](C)[C@H](O)[C@@H](C)C=C(C)C(=O)c2c(O)c(C)cc3c2C(=O)C=C(NC1=O)C3=O. The van der Waals surface area contributed by atoms with Crippen molar-refractivity contribution >= 4 is 23.3 Å². The molecule has 1 aliphatic carbocycles. The smallest absolute Gasteiger partial charge is 0.251 e. The number of hydrogen-bond acceptors (Lipinski definition) is 9. The Kier molecular flexibility index (Phi) is 13.9. The van der Waals surface area contributed by atoms with Crippen LogP contribution >= 0.6 is 0 Å². The Morgan fingerprint density at radius 3 is 2.12 bits per heavy atom. The average Bonchev–Trinajstić information content (AvgIpc) is 3.07. The summed E-state index contributed by atoms with van der Waals surface area (Å²) >= 11 is 0. The molecule has 10 nitrogen and oxygen atoms in total. The summed E-state index contributed by atoms with van der Waals surface area (Å²) in [6.07, 6.45) is 12.2. The van der Waals surface area contributed by atoms with Crippen LogP contribution in [-0.4, -0.2) is 73.2 Å². The summed E-state index contributed by atoms with van der Waals surface area (Å²) in [6.45, 7) is 11.5. The maximum atomic E-state index is 13.8. The molecule has 3 aliphatic rings. The first-order chi connectivity index (χ1) is 23.4. The number of fused-ring (bicyclic) bond motifs is 18. The Balaban J connectivity index is 2.04. The van der Waals surface area contributed by atoms with Crippen molar-refractivity contribution in [3.8, 4) is 5.75 Å². The van der Waals surface area contributed by atoms with E-state index in [2.05, 4.69) is 5.32 Å². The molecule has 268 valence electrons. The Morgan fingerprint density at radius 2 is 1.44 bits per heavy atom. The number of aliphatic hydroxyl groups excluding tert-OH is 4. The largest absolute Gasteiger partial charge is 0.507 e. The van der Waals surface area contributed by atoms with E-state index in [4.69, 9.17) is 0 Å². The fourth-order valence-electron chi connectivity index (χ4n) is 5.71. The zero-order chi connectivity index (χ0) is 37.4. The lowest BCUT2D eigenvalue weighted by Gasteiger charge is -2.22. The van der Waals surface area contributed by atoms with E-state index in [-0.39, 0.29) is 57.9 Å². The number of rotatable bonds is 0. The molecule has 4 rings (SSSR count). The quantitative estimate of drug-likeness (QED) is 0.207. The van der Waals surface area contributed by atoms with E-state index in [1.807, 2.05) is 0 Å². The van der Waals surface area contributed by atoms with E-state index < -0.39 is 65.3 Å². The number of aliphatic hydroxyl groups is 4. The minimum absolute atomic E-state index is 0.0843. The van der Waals surface area contributed by atoms with Crippen LogP contribution in [0.15, 0.2) is 89.2 Å². The number of carbonyl (C=O) groups is 4. The number of aryl methyl sites for hydroxylation is 1. The van der Waals surface area contributed by atoms with E-state index in [9.17, 15) is 44.7 Å². The van der Waals surface area contributed by atoms with Gasteiger partial charge in [0.15, 0.2) is 11.6 Å². The first-order valence-corrected chi connectivity index (χ1v) is 16.7. The summed E-state index contributed by atoms with van der Waals surface area (Å²) in [4.78, 5) is 53.6. The van der Waals surface area contributed by atoms with Crippen molar-refractivity contribution in [3.05, 3.63) is 111 Å². The van der Waals surface area contributed by atoms with Gasteiger partial charge in [-0.2, -0.15) is 0 Å². The Hall–Kier alpha value is -4.48. The van der Waals surface area contributed by atoms with E-state index in [1.165, 1.54) is 39.0 Å². The normalized spacial score (nSPS) is 31.1.